The molecular formula is C28H41NO5. The minimum atomic E-state index is -0.722. The molecule has 6 nitrogen and oxygen atoms in total. The summed E-state index contributed by atoms with van der Waals surface area (Å²) in [5.41, 5.74) is 2.58. The average Bonchev–Trinajstić information content (AvgIpc) is 2.85. The molecule has 0 spiro atoms. The van der Waals surface area contributed by atoms with E-state index in [2.05, 4.69) is 37.1 Å². The van der Waals surface area contributed by atoms with E-state index in [9.17, 15) is 4.79 Å². The van der Waals surface area contributed by atoms with Gasteiger partial charge in [-0.1, -0.05) is 25.1 Å². The molecule has 0 heterocycles. The van der Waals surface area contributed by atoms with Crippen LogP contribution in [0.1, 0.15) is 49.8 Å². The monoisotopic (exact) mass is 471 g/mol. The molecule has 1 atom stereocenters. The lowest BCUT2D eigenvalue weighted by Crippen LogP contribution is -2.38. The van der Waals surface area contributed by atoms with Crippen LogP contribution in [0.2, 0.25) is 0 Å². The summed E-state index contributed by atoms with van der Waals surface area (Å²) >= 11 is 0. The zero-order valence-corrected chi connectivity index (χ0v) is 21.9. The summed E-state index contributed by atoms with van der Waals surface area (Å²) in [5.74, 6) is 2.01. The predicted molar refractivity (Wildman–Crippen MR) is 136 cm³/mol. The molecule has 0 aliphatic rings. The van der Waals surface area contributed by atoms with Crippen molar-refractivity contribution in [1.82, 2.24) is 4.90 Å². The van der Waals surface area contributed by atoms with Crippen molar-refractivity contribution in [2.45, 2.75) is 51.9 Å². The van der Waals surface area contributed by atoms with Gasteiger partial charge in [0, 0.05) is 6.54 Å². The van der Waals surface area contributed by atoms with Crippen LogP contribution in [0.15, 0.2) is 36.4 Å². The van der Waals surface area contributed by atoms with E-state index in [-0.39, 0.29) is 5.97 Å². The molecule has 0 saturated carbocycles. The maximum Gasteiger partial charge on any atom is 0.316 e. The number of esters is 1. The van der Waals surface area contributed by atoms with Crippen LogP contribution >= 0.6 is 0 Å². The summed E-state index contributed by atoms with van der Waals surface area (Å²) in [6, 6.07) is 12.1. The van der Waals surface area contributed by atoms with E-state index < -0.39 is 5.41 Å². The fourth-order valence-corrected chi connectivity index (χ4v) is 4.40. The van der Waals surface area contributed by atoms with Crippen LogP contribution in [0, 0.1) is 6.92 Å². The molecule has 0 saturated heterocycles. The molecule has 0 fully saturated rings. The lowest BCUT2D eigenvalue weighted by Gasteiger charge is -2.32. The van der Waals surface area contributed by atoms with E-state index in [1.807, 2.05) is 32.0 Å². The van der Waals surface area contributed by atoms with Gasteiger partial charge in [0.05, 0.1) is 33.4 Å². The van der Waals surface area contributed by atoms with Crippen LogP contribution in [0.5, 0.6) is 17.2 Å². The van der Waals surface area contributed by atoms with Gasteiger partial charge in [0.25, 0.3) is 0 Å². The van der Waals surface area contributed by atoms with Crippen LogP contribution < -0.4 is 14.2 Å². The second-order valence-corrected chi connectivity index (χ2v) is 8.69. The Labute approximate surface area is 205 Å². The van der Waals surface area contributed by atoms with Crippen molar-refractivity contribution >= 4 is 5.97 Å². The largest absolute Gasteiger partial charge is 0.496 e. The first-order chi connectivity index (χ1) is 16.3. The lowest BCUT2D eigenvalue weighted by molar-refractivity contribution is -0.150. The van der Waals surface area contributed by atoms with E-state index in [4.69, 9.17) is 18.9 Å². The van der Waals surface area contributed by atoms with Gasteiger partial charge in [-0.25, -0.2) is 0 Å². The van der Waals surface area contributed by atoms with Gasteiger partial charge < -0.3 is 23.8 Å². The Hall–Kier alpha value is -2.73. The summed E-state index contributed by atoms with van der Waals surface area (Å²) in [6.45, 7) is 8.12. The second kappa shape index (κ2) is 13.2. The smallest absolute Gasteiger partial charge is 0.316 e. The molecular weight excluding hydrogens is 430 g/mol. The maximum atomic E-state index is 13.2. The van der Waals surface area contributed by atoms with E-state index in [0.717, 1.165) is 42.8 Å². The Morgan fingerprint density at radius 3 is 2.24 bits per heavy atom. The summed E-state index contributed by atoms with van der Waals surface area (Å²) in [6.07, 6.45) is 3.16. The predicted octanol–water partition coefficient (Wildman–Crippen LogP) is 5.19. The minimum absolute atomic E-state index is 0.181. The Kier molecular flexibility index (Phi) is 10.7. The molecule has 1 unspecified atom stereocenters. The van der Waals surface area contributed by atoms with Crippen LogP contribution in [0.3, 0.4) is 0 Å². The summed E-state index contributed by atoms with van der Waals surface area (Å²) < 4.78 is 21.9. The van der Waals surface area contributed by atoms with Gasteiger partial charge in [-0.2, -0.15) is 0 Å². The van der Waals surface area contributed by atoms with Crippen molar-refractivity contribution in [3.63, 3.8) is 0 Å². The summed E-state index contributed by atoms with van der Waals surface area (Å²) in [7, 11) is 7.05. The molecule has 34 heavy (non-hydrogen) atoms. The zero-order valence-electron chi connectivity index (χ0n) is 21.9. The molecule has 0 aromatic heterocycles. The van der Waals surface area contributed by atoms with E-state index in [1.54, 1.807) is 21.3 Å². The van der Waals surface area contributed by atoms with Crippen LogP contribution in [0.25, 0.3) is 0 Å². The number of hydrogen-bond acceptors (Lipinski definition) is 6. The number of hydrogen-bond donors (Lipinski definition) is 0. The normalized spacial score (nSPS) is 12.8. The molecule has 0 amide bonds. The van der Waals surface area contributed by atoms with Gasteiger partial charge in [0.2, 0.25) is 0 Å². The van der Waals surface area contributed by atoms with Crippen LogP contribution in [-0.2, 0) is 21.4 Å². The highest BCUT2D eigenvalue weighted by Crippen LogP contribution is 2.39. The number of ether oxygens (including phenoxy) is 4. The Bertz CT molecular complexity index is 929. The molecule has 2 aromatic rings. The van der Waals surface area contributed by atoms with Crippen molar-refractivity contribution < 1.29 is 23.7 Å². The summed E-state index contributed by atoms with van der Waals surface area (Å²) in [4.78, 5) is 15.5. The highest BCUT2D eigenvalue weighted by molar-refractivity contribution is 5.83. The van der Waals surface area contributed by atoms with Crippen molar-refractivity contribution in [2.75, 3.05) is 48.1 Å². The van der Waals surface area contributed by atoms with Crippen molar-refractivity contribution in [2.24, 2.45) is 0 Å². The third kappa shape index (κ3) is 6.66. The van der Waals surface area contributed by atoms with E-state index in [0.29, 0.717) is 30.9 Å². The molecule has 0 aliphatic heterocycles. The van der Waals surface area contributed by atoms with Gasteiger partial charge in [0.15, 0.2) is 11.5 Å². The standard InChI is InChI=1S/C28H41NO5/c1-8-28(27(30)34-9-2,23-13-14-24(31-5)26(20-23)33-7)16-10-17-29(4)18-15-22-12-11-21(3)25(19-22)32-6/h11-14,19-20H,8-10,15-18H2,1-7H3. The molecule has 2 aromatic carbocycles. The number of methoxy groups -OCH3 is 3. The topological polar surface area (TPSA) is 57.2 Å². The van der Waals surface area contributed by atoms with Gasteiger partial charge in [-0.05, 0) is 88.0 Å². The van der Waals surface area contributed by atoms with Gasteiger partial charge in [-0.15, -0.1) is 0 Å². The van der Waals surface area contributed by atoms with Gasteiger partial charge in [0.1, 0.15) is 5.75 Å². The van der Waals surface area contributed by atoms with Crippen molar-refractivity contribution in [1.29, 1.82) is 0 Å². The fraction of sp³-hybridized carbons (Fsp3) is 0.536. The molecule has 0 bridgehead atoms. The zero-order chi connectivity index (χ0) is 25.1. The van der Waals surface area contributed by atoms with Crippen molar-refractivity contribution in [3.8, 4) is 17.2 Å². The SMILES string of the molecule is CCOC(=O)C(CC)(CCCN(C)CCc1ccc(C)c(OC)c1)c1ccc(OC)c(OC)c1. The third-order valence-electron chi connectivity index (χ3n) is 6.60. The highest BCUT2D eigenvalue weighted by atomic mass is 16.5. The number of carbonyl (C=O) groups excluding carboxylic acids is 1. The number of carbonyl (C=O) groups is 1. The maximum absolute atomic E-state index is 13.2. The number of rotatable bonds is 14. The lowest BCUT2D eigenvalue weighted by atomic mass is 9.74. The molecule has 6 heteroatoms. The Morgan fingerprint density at radius 1 is 0.912 bits per heavy atom. The highest BCUT2D eigenvalue weighted by Gasteiger charge is 2.40. The number of benzene rings is 2. The van der Waals surface area contributed by atoms with E-state index >= 15 is 0 Å². The van der Waals surface area contributed by atoms with Crippen LogP contribution in [-0.4, -0.2) is 58.9 Å². The van der Waals surface area contributed by atoms with E-state index in [1.165, 1.54) is 5.56 Å². The molecule has 0 radical (unpaired) electrons. The van der Waals surface area contributed by atoms with Crippen molar-refractivity contribution in [3.05, 3.63) is 53.1 Å². The quantitative estimate of drug-likeness (QED) is 0.354. The van der Waals surface area contributed by atoms with Crippen LogP contribution in [0.4, 0.5) is 0 Å². The van der Waals surface area contributed by atoms with Gasteiger partial charge in [-0.3, -0.25) is 4.79 Å². The third-order valence-corrected chi connectivity index (χ3v) is 6.60. The second-order valence-electron chi connectivity index (χ2n) is 8.69. The number of nitrogens with zero attached hydrogens (tertiary/aromatic N) is 1. The molecule has 0 N–H and O–H groups in total. The first-order valence-electron chi connectivity index (χ1n) is 12.1. The van der Waals surface area contributed by atoms with Gasteiger partial charge >= 0.3 is 5.97 Å². The Morgan fingerprint density at radius 2 is 1.62 bits per heavy atom. The average molecular weight is 472 g/mol. The molecule has 0 aliphatic carbocycles. The molecule has 188 valence electrons. The number of likely N-dealkylation sites (N-methyl/N-ethyl adjacent to an activating group) is 1. The first kappa shape index (κ1) is 27.5. The number of aryl methyl sites for hydroxylation is 1. The summed E-state index contributed by atoms with van der Waals surface area (Å²) in [5, 5.41) is 0. The first-order valence-corrected chi connectivity index (χ1v) is 12.1. The molecule has 2 rings (SSSR count). The fourth-order valence-electron chi connectivity index (χ4n) is 4.40. The Balaban J connectivity index is 2.10. The minimum Gasteiger partial charge on any atom is -0.496 e.